The van der Waals surface area contributed by atoms with E-state index in [1.54, 1.807) is 0 Å². The van der Waals surface area contributed by atoms with E-state index < -0.39 is 0 Å². The number of rotatable bonds is 5. The van der Waals surface area contributed by atoms with Gasteiger partial charge in [-0.15, -0.1) is 0 Å². The average molecular weight is 147 g/mol. The smallest absolute Gasteiger partial charge is 0.0595 e. The Morgan fingerprint density at radius 2 is 2.20 bits per heavy atom. The quantitative estimate of drug-likeness (QED) is 0.429. The fraction of sp³-hybridized carbons (Fsp3) is 1.00. The average Bonchev–Trinajstić information content (AvgIpc) is 1.88. The van der Waals surface area contributed by atoms with E-state index in [4.69, 9.17) is 16.6 Å². The Bertz CT molecular complexity index is 79.4. The Hall–Kier alpha value is -0.160. The van der Waals surface area contributed by atoms with Gasteiger partial charge in [-0.05, 0) is 7.05 Å². The summed E-state index contributed by atoms with van der Waals surface area (Å²) in [5.41, 5.74) is 10.8. The molecule has 0 heterocycles. The number of likely N-dealkylation sites (N-methyl/N-ethyl adjacent to an activating group) is 1. The lowest BCUT2D eigenvalue weighted by atomic mass is 10.3. The predicted molar refractivity (Wildman–Crippen MR) is 41.6 cm³/mol. The Labute approximate surface area is 61.8 Å². The van der Waals surface area contributed by atoms with Gasteiger partial charge in [0.25, 0.3) is 0 Å². The van der Waals surface area contributed by atoms with Crippen molar-refractivity contribution in [3.63, 3.8) is 0 Å². The van der Waals surface area contributed by atoms with Crippen molar-refractivity contribution in [1.82, 2.24) is 4.90 Å². The molecular weight excluding hydrogens is 130 g/mol. The number of aliphatic hydroxyl groups excluding tert-OH is 1. The van der Waals surface area contributed by atoms with Crippen LogP contribution in [0.2, 0.25) is 0 Å². The van der Waals surface area contributed by atoms with Gasteiger partial charge >= 0.3 is 0 Å². The molecule has 4 nitrogen and oxygen atoms in total. The number of aliphatic hydroxyl groups is 1. The standard InChI is InChI=1S/C6H17N3O/c1-9(3-2-7)4-6(8)5-10/h6,10H,2-5,7-8H2,1H3/t6-/m1/s1. The minimum absolute atomic E-state index is 0.0366. The molecule has 0 unspecified atom stereocenters. The highest BCUT2D eigenvalue weighted by Crippen LogP contribution is 1.83. The van der Waals surface area contributed by atoms with Gasteiger partial charge in [0.2, 0.25) is 0 Å². The molecule has 10 heavy (non-hydrogen) atoms. The summed E-state index contributed by atoms with van der Waals surface area (Å²) in [6.45, 7) is 2.20. The predicted octanol–water partition coefficient (Wildman–Crippen LogP) is -1.80. The SMILES string of the molecule is CN(CCN)C[C@@H](N)CO. The molecule has 0 spiro atoms. The van der Waals surface area contributed by atoms with Crippen molar-refractivity contribution >= 4 is 0 Å². The number of nitrogens with zero attached hydrogens (tertiary/aromatic N) is 1. The van der Waals surface area contributed by atoms with Crippen LogP contribution < -0.4 is 11.5 Å². The second kappa shape index (κ2) is 5.61. The van der Waals surface area contributed by atoms with Crippen molar-refractivity contribution in [3.05, 3.63) is 0 Å². The van der Waals surface area contributed by atoms with Crippen LogP contribution in [0.1, 0.15) is 0 Å². The lowest BCUT2D eigenvalue weighted by Gasteiger charge is -2.18. The number of nitrogens with two attached hydrogens (primary N) is 2. The highest BCUT2D eigenvalue weighted by Gasteiger charge is 2.03. The van der Waals surface area contributed by atoms with E-state index in [0.29, 0.717) is 13.1 Å². The van der Waals surface area contributed by atoms with Crippen LogP contribution >= 0.6 is 0 Å². The minimum Gasteiger partial charge on any atom is -0.395 e. The van der Waals surface area contributed by atoms with Crippen molar-refractivity contribution in [2.75, 3.05) is 33.3 Å². The van der Waals surface area contributed by atoms with Gasteiger partial charge in [0.05, 0.1) is 6.61 Å². The van der Waals surface area contributed by atoms with E-state index in [9.17, 15) is 0 Å². The summed E-state index contributed by atoms with van der Waals surface area (Å²) in [5, 5.41) is 8.57. The normalized spacial score (nSPS) is 14.1. The van der Waals surface area contributed by atoms with E-state index in [0.717, 1.165) is 6.54 Å². The maximum absolute atomic E-state index is 8.57. The first-order chi connectivity index (χ1) is 4.70. The van der Waals surface area contributed by atoms with E-state index in [-0.39, 0.29) is 12.6 Å². The van der Waals surface area contributed by atoms with Crippen molar-refractivity contribution in [2.24, 2.45) is 11.5 Å². The maximum Gasteiger partial charge on any atom is 0.0595 e. The molecule has 5 N–H and O–H groups in total. The Morgan fingerprint density at radius 1 is 1.60 bits per heavy atom. The van der Waals surface area contributed by atoms with Crippen LogP contribution in [0.15, 0.2) is 0 Å². The molecule has 0 aliphatic carbocycles. The van der Waals surface area contributed by atoms with Gasteiger partial charge in [-0.1, -0.05) is 0 Å². The number of hydrogen-bond donors (Lipinski definition) is 3. The van der Waals surface area contributed by atoms with Gasteiger partial charge in [0, 0.05) is 25.7 Å². The summed E-state index contributed by atoms with van der Waals surface area (Å²) in [6.07, 6.45) is 0. The van der Waals surface area contributed by atoms with Gasteiger partial charge in [0.15, 0.2) is 0 Å². The zero-order valence-electron chi connectivity index (χ0n) is 6.45. The van der Waals surface area contributed by atoms with Crippen LogP contribution in [0.4, 0.5) is 0 Å². The van der Waals surface area contributed by atoms with E-state index >= 15 is 0 Å². The largest absolute Gasteiger partial charge is 0.395 e. The highest BCUT2D eigenvalue weighted by molar-refractivity contribution is 4.63. The first-order valence-electron chi connectivity index (χ1n) is 3.45. The lowest BCUT2D eigenvalue weighted by Crippen LogP contribution is -2.39. The van der Waals surface area contributed by atoms with Crippen LogP contribution in [-0.4, -0.2) is 49.3 Å². The molecule has 0 aliphatic heterocycles. The first-order valence-corrected chi connectivity index (χ1v) is 3.45. The van der Waals surface area contributed by atoms with Crippen molar-refractivity contribution < 1.29 is 5.11 Å². The zero-order valence-corrected chi connectivity index (χ0v) is 6.45. The lowest BCUT2D eigenvalue weighted by molar-refractivity contribution is 0.224. The third-order valence-corrected chi connectivity index (χ3v) is 1.29. The molecule has 0 amide bonds. The molecule has 0 aromatic rings. The molecule has 0 saturated carbocycles. The summed E-state index contributed by atoms with van der Waals surface area (Å²) in [4.78, 5) is 2.00. The van der Waals surface area contributed by atoms with Crippen LogP contribution in [0.5, 0.6) is 0 Å². The van der Waals surface area contributed by atoms with Gasteiger partial charge in [0.1, 0.15) is 0 Å². The van der Waals surface area contributed by atoms with Crippen LogP contribution in [0, 0.1) is 0 Å². The summed E-state index contributed by atoms with van der Waals surface area (Å²) >= 11 is 0. The molecule has 0 fully saturated rings. The summed E-state index contributed by atoms with van der Waals surface area (Å²) in [6, 6.07) is -0.142. The van der Waals surface area contributed by atoms with Crippen LogP contribution in [0.25, 0.3) is 0 Å². The fourth-order valence-electron chi connectivity index (χ4n) is 0.770. The van der Waals surface area contributed by atoms with E-state index in [1.165, 1.54) is 0 Å². The molecule has 1 atom stereocenters. The maximum atomic E-state index is 8.57. The third kappa shape index (κ3) is 4.69. The first kappa shape index (κ1) is 9.84. The van der Waals surface area contributed by atoms with Crippen molar-refractivity contribution in [2.45, 2.75) is 6.04 Å². The van der Waals surface area contributed by atoms with Gasteiger partial charge < -0.3 is 21.5 Å². The Balaban J connectivity index is 3.27. The fourth-order valence-corrected chi connectivity index (χ4v) is 0.770. The van der Waals surface area contributed by atoms with Gasteiger partial charge in [-0.25, -0.2) is 0 Å². The van der Waals surface area contributed by atoms with Gasteiger partial charge in [-0.3, -0.25) is 0 Å². The second-order valence-corrected chi connectivity index (χ2v) is 2.49. The number of hydrogen-bond acceptors (Lipinski definition) is 4. The van der Waals surface area contributed by atoms with Crippen LogP contribution in [-0.2, 0) is 0 Å². The zero-order chi connectivity index (χ0) is 7.98. The van der Waals surface area contributed by atoms with Crippen molar-refractivity contribution in [3.8, 4) is 0 Å². The molecule has 0 aliphatic rings. The Morgan fingerprint density at radius 3 is 2.60 bits per heavy atom. The third-order valence-electron chi connectivity index (χ3n) is 1.29. The molecule has 0 bridgehead atoms. The molecule has 0 saturated heterocycles. The molecule has 4 heteroatoms. The topological polar surface area (TPSA) is 75.5 Å². The summed E-state index contributed by atoms with van der Waals surface area (Å²) in [7, 11) is 1.93. The van der Waals surface area contributed by atoms with Crippen LogP contribution in [0.3, 0.4) is 0 Å². The molecule has 0 rings (SSSR count). The summed E-state index contributed by atoms with van der Waals surface area (Å²) in [5.74, 6) is 0. The minimum atomic E-state index is -0.142. The monoisotopic (exact) mass is 147 g/mol. The Kier molecular flexibility index (Phi) is 5.52. The van der Waals surface area contributed by atoms with Crippen molar-refractivity contribution in [1.29, 1.82) is 0 Å². The molecule has 0 aromatic heterocycles. The van der Waals surface area contributed by atoms with E-state index in [1.807, 2.05) is 11.9 Å². The molecular formula is C6H17N3O. The highest BCUT2D eigenvalue weighted by atomic mass is 16.3. The molecule has 0 radical (unpaired) electrons. The summed E-state index contributed by atoms with van der Waals surface area (Å²) < 4.78 is 0. The molecule has 62 valence electrons. The van der Waals surface area contributed by atoms with E-state index in [2.05, 4.69) is 0 Å². The molecule has 0 aromatic carbocycles. The second-order valence-electron chi connectivity index (χ2n) is 2.49. The van der Waals surface area contributed by atoms with Gasteiger partial charge in [-0.2, -0.15) is 0 Å².